The van der Waals surface area contributed by atoms with Gasteiger partial charge in [-0.15, -0.1) is 0 Å². The Morgan fingerprint density at radius 2 is 1.76 bits per heavy atom. The number of nitrogens with one attached hydrogen (secondary N) is 1. The van der Waals surface area contributed by atoms with Crippen molar-refractivity contribution in [3.63, 3.8) is 0 Å². The molecule has 0 aliphatic carbocycles. The van der Waals surface area contributed by atoms with Gasteiger partial charge in [0.05, 0.1) is 11.1 Å². The molecule has 0 heterocycles. The lowest BCUT2D eigenvalue weighted by Gasteiger charge is -2.04. The second kappa shape index (κ2) is 6.02. The molecule has 8 heteroatoms. The summed E-state index contributed by atoms with van der Waals surface area (Å²) >= 11 is 5.68. The van der Waals surface area contributed by atoms with Crippen LogP contribution in [-0.2, 0) is 10.0 Å². The smallest absolute Gasteiger partial charge is 0.276 e. The Bertz CT molecular complexity index is 773. The molecule has 0 unspecified atom stereocenters. The largest absolute Gasteiger partial charge is 0.504 e. The number of nitrogens with zero attached hydrogens (tertiary/aromatic N) is 1. The number of aromatic hydroxyl groups is 2. The molecule has 2 aromatic rings. The molecule has 2 aromatic carbocycles. The normalized spacial score (nSPS) is 11.7. The molecule has 110 valence electrons. The summed E-state index contributed by atoms with van der Waals surface area (Å²) < 4.78 is 23.8. The van der Waals surface area contributed by atoms with Crippen molar-refractivity contribution in [3.05, 3.63) is 53.1 Å². The van der Waals surface area contributed by atoms with Gasteiger partial charge in [-0.25, -0.2) is 4.83 Å². The minimum Gasteiger partial charge on any atom is -0.504 e. The van der Waals surface area contributed by atoms with Crippen LogP contribution >= 0.6 is 11.6 Å². The van der Waals surface area contributed by atoms with Crippen molar-refractivity contribution in [1.82, 2.24) is 4.83 Å². The number of phenols is 2. The van der Waals surface area contributed by atoms with Crippen LogP contribution in [0.5, 0.6) is 11.5 Å². The average molecular weight is 327 g/mol. The first kappa shape index (κ1) is 15.1. The lowest BCUT2D eigenvalue weighted by molar-refractivity contribution is 0.403. The van der Waals surface area contributed by atoms with Gasteiger partial charge in [-0.1, -0.05) is 17.7 Å². The quantitative estimate of drug-likeness (QED) is 0.455. The molecule has 2 rings (SSSR count). The molecule has 0 aromatic heterocycles. The number of hydrazone groups is 1. The predicted molar refractivity (Wildman–Crippen MR) is 79.1 cm³/mol. The highest BCUT2D eigenvalue weighted by Crippen LogP contribution is 2.26. The number of sulfonamides is 1. The van der Waals surface area contributed by atoms with E-state index in [1.54, 1.807) is 0 Å². The van der Waals surface area contributed by atoms with Crippen molar-refractivity contribution in [3.8, 4) is 11.5 Å². The topological polar surface area (TPSA) is 99.0 Å². The van der Waals surface area contributed by atoms with Crippen LogP contribution in [0.2, 0.25) is 5.02 Å². The molecule has 0 radical (unpaired) electrons. The van der Waals surface area contributed by atoms with E-state index < -0.39 is 10.0 Å². The molecule has 6 nitrogen and oxygen atoms in total. The van der Waals surface area contributed by atoms with Gasteiger partial charge in [-0.2, -0.15) is 13.5 Å². The second-order valence-corrected chi connectivity index (χ2v) is 6.12. The fraction of sp³-hybridized carbons (Fsp3) is 0. The summed E-state index contributed by atoms with van der Waals surface area (Å²) in [6.45, 7) is 0. The molecule has 0 atom stereocenters. The van der Waals surface area contributed by atoms with E-state index in [4.69, 9.17) is 11.6 Å². The summed E-state index contributed by atoms with van der Waals surface area (Å²) in [7, 11) is -3.82. The molecule has 0 aliphatic heterocycles. The van der Waals surface area contributed by atoms with Crippen LogP contribution in [0, 0.1) is 0 Å². The Balaban J connectivity index is 2.16. The van der Waals surface area contributed by atoms with E-state index >= 15 is 0 Å². The van der Waals surface area contributed by atoms with Gasteiger partial charge in [0.2, 0.25) is 0 Å². The van der Waals surface area contributed by atoms with Crippen LogP contribution in [0.25, 0.3) is 0 Å². The van der Waals surface area contributed by atoms with Gasteiger partial charge in [-0.05, 0) is 36.4 Å². The lowest BCUT2D eigenvalue weighted by atomic mass is 10.2. The highest BCUT2D eigenvalue weighted by atomic mass is 35.5. The maximum atomic E-state index is 11.9. The molecule has 0 saturated heterocycles. The van der Waals surface area contributed by atoms with Gasteiger partial charge in [0.15, 0.2) is 11.5 Å². The van der Waals surface area contributed by atoms with Gasteiger partial charge in [-0.3, -0.25) is 0 Å². The number of halogens is 1. The molecule has 0 bridgehead atoms. The van der Waals surface area contributed by atoms with E-state index in [-0.39, 0.29) is 22.0 Å². The minimum absolute atomic E-state index is 0.00387. The minimum atomic E-state index is -3.82. The van der Waals surface area contributed by atoms with Crippen molar-refractivity contribution < 1.29 is 18.6 Å². The number of benzene rings is 2. The zero-order valence-corrected chi connectivity index (χ0v) is 12.1. The summed E-state index contributed by atoms with van der Waals surface area (Å²) in [5.74, 6) is -0.702. The van der Waals surface area contributed by atoms with Gasteiger partial charge >= 0.3 is 0 Å². The van der Waals surface area contributed by atoms with Crippen LogP contribution in [0.15, 0.2) is 52.5 Å². The SMILES string of the molecule is O=S(=O)(N/N=C/c1cccc(O)c1O)c1ccc(Cl)cc1. The van der Waals surface area contributed by atoms with Crippen LogP contribution in [-0.4, -0.2) is 24.8 Å². The van der Waals surface area contributed by atoms with Crippen molar-refractivity contribution in [1.29, 1.82) is 0 Å². The van der Waals surface area contributed by atoms with E-state index in [1.807, 2.05) is 4.83 Å². The molecule has 0 spiro atoms. The highest BCUT2D eigenvalue weighted by molar-refractivity contribution is 7.89. The van der Waals surface area contributed by atoms with Crippen LogP contribution in [0.1, 0.15) is 5.56 Å². The lowest BCUT2D eigenvalue weighted by Crippen LogP contribution is -2.18. The van der Waals surface area contributed by atoms with E-state index in [0.717, 1.165) is 6.21 Å². The zero-order chi connectivity index (χ0) is 15.5. The Hall–Kier alpha value is -2.25. The van der Waals surface area contributed by atoms with Gasteiger partial charge < -0.3 is 10.2 Å². The third-order valence-electron chi connectivity index (χ3n) is 2.55. The maximum absolute atomic E-state index is 11.9. The molecule has 21 heavy (non-hydrogen) atoms. The van der Waals surface area contributed by atoms with Crippen LogP contribution in [0.4, 0.5) is 0 Å². The monoisotopic (exact) mass is 326 g/mol. The zero-order valence-electron chi connectivity index (χ0n) is 10.6. The van der Waals surface area contributed by atoms with Crippen LogP contribution < -0.4 is 4.83 Å². The third-order valence-corrected chi connectivity index (χ3v) is 4.04. The highest BCUT2D eigenvalue weighted by Gasteiger charge is 2.12. The van der Waals surface area contributed by atoms with Crippen molar-refractivity contribution in [2.75, 3.05) is 0 Å². The van der Waals surface area contributed by atoms with Gasteiger partial charge in [0.1, 0.15) is 0 Å². The molecule has 3 N–H and O–H groups in total. The summed E-state index contributed by atoms with van der Waals surface area (Å²) in [5.41, 5.74) is 0.175. The first-order valence-corrected chi connectivity index (χ1v) is 7.57. The van der Waals surface area contributed by atoms with E-state index in [1.165, 1.54) is 42.5 Å². The Morgan fingerprint density at radius 1 is 1.10 bits per heavy atom. The first-order chi connectivity index (χ1) is 9.90. The Labute approximate surface area is 126 Å². The Morgan fingerprint density at radius 3 is 2.43 bits per heavy atom. The standard InChI is InChI=1S/C13H11ClN2O4S/c14-10-4-6-11(7-5-10)21(19,20)16-15-8-9-2-1-3-12(17)13(9)18/h1-8,16-18H/b15-8+. The van der Waals surface area contributed by atoms with E-state index in [2.05, 4.69) is 5.10 Å². The van der Waals surface area contributed by atoms with Crippen molar-refractivity contribution in [2.24, 2.45) is 5.10 Å². The van der Waals surface area contributed by atoms with Gasteiger partial charge in [0.25, 0.3) is 10.0 Å². The maximum Gasteiger partial charge on any atom is 0.276 e. The molecular formula is C13H11ClN2O4S. The van der Waals surface area contributed by atoms with Crippen molar-refractivity contribution in [2.45, 2.75) is 4.90 Å². The summed E-state index contributed by atoms with van der Waals surface area (Å²) in [5, 5.41) is 22.8. The van der Waals surface area contributed by atoms with E-state index in [0.29, 0.717) is 5.02 Å². The average Bonchev–Trinajstić information content (AvgIpc) is 2.44. The number of phenolic OH excluding ortho intramolecular Hbond substituents is 2. The Kier molecular flexibility index (Phi) is 4.35. The number of para-hydroxylation sites is 1. The predicted octanol–water partition coefficient (Wildman–Crippen LogP) is 2.06. The molecule has 0 aliphatic rings. The summed E-state index contributed by atoms with van der Waals surface area (Å²) in [6.07, 6.45) is 1.09. The second-order valence-electron chi connectivity index (χ2n) is 4.02. The van der Waals surface area contributed by atoms with Gasteiger partial charge in [0, 0.05) is 10.6 Å². The van der Waals surface area contributed by atoms with Crippen LogP contribution in [0.3, 0.4) is 0 Å². The van der Waals surface area contributed by atoms with Crippen molar-refractivity contribution >= 4 is 27.8 Å². The summed E-state index contributed by atoms with van der Waals surface area (Å²) in [6, 6.07) is 9.82. The number of hydrogen-bond acceptors (Lipinski definition) is 5. The molecule has 0 fully saturated rings. The fourth-order valence-electron chi connectivity index (χ4n) is 1.48. The first-order valence-electron chi connectivity index (χ1n) is 5.71. The summed E-state index contributed by atoms with van der Waals surface area (Å²) in [4.78, 5) is 2.00. The molecule has 0 saturated carbocycles. The molecular weight excluding hydrogens is 316 g/mol. The van der Waals surface area contributed by atoms with E-state index in [9.17, 15) is 18.6 Å². The number of rotatable bonds is 4. The number of hydrogen-bond donors (Lipinski definition) is 3. The third kappa shape index (κ3) is 3.65. The fourth-order valence-corrected chi connectivity index (χ4v) is 2.40. The molecule has 0 amide bonds.